The number of rotatable bonds is 3. The Morgan fingerprint density at radius 3 is 2.91 bits per heavy atom. The summed E-state index contributed by atoms with van der Waals surface area (Å²) >= 11 is 0. The summed E-state index contributed by atoms with van der Waals surface area (Å²) in [5.41, 5.74) is 1.43. The van der Waals surface area contributed by atoms with E-state index in [9.17, 15) is 0 Å². The van der Waals surface area contributed by atoms with Crippen LogP contribution >= 0.6 is 0 Å². The van der Waals surface area contributed by atoms with Gasteiger partial charge in [-0.25, -0.2) is 0 Å². The Kier molecular flexibility index (Phi) is 3.60. The number of likely N-dealkylation sites (N-methyl/N-ethyl adjacent to an activating group) is 1. The SMILES string of the molecule is CCN1CC=C(CCO)CC1. The molecule has 64 valence electrons. The topological polar surface area (TPSA) is 23.5 Å². The smallest absolute Gasteiger partial charge is 0.0468 e. The lowest BCUT2D eigenvalue weighted by atomic mass is 10.1. The lowest BCUT2D eigenvalue weighted by Gasteiger charge is -2.24. The summed E-state index contributed by atoms with van der Waals surface area (Å²) in [6.45, 7) is 5.87. The minimum atomic E-state index is 0.304. The molecule has 1 aliphatic rings. The molecule has 0 atom stereocenters. The molecule has 0 saturated heterocycles. The molecule has 0 aromatic rings. The van der Waals surface area contributed by atoms with E-state index in [1.165, 1.54) is 12.1 Å². The van der Waals surface area contributed by atoms with Gasteiger partial charge in [0.25, 0.3) is 0 Å². The summed E-state index contributed by atoms with van der Waals surface area (Å²) in [7, 11) is 0. The fourth-order valence-corrected chi connectivity index (χ4v) is 1.41. The van der Waals surface area contributed by atoms with Crippen LogP contribution in [0.15, 0.2) is 11.6 Å². The molecular formula is C9H17NO. The van der Waals surface area contributed by atoms with Gasteiger partial charge in [0, 0.05) is 19.7 Å². The second kappa shape index (κ2) is 4.52. The lowest BCUT2D eigenvalue weighted by Crippen LogP contribution is -2.28. The molecule has 1 aliphatic heterocycles. The third-order valence-corrected chi connectivity index (χ3v) is 2.27. The Labute approximate surface area is 68.5 Å². The number of hydrogen-bond donors (Lipinski definition) is 1. The van der Waals surface area contributed by atoms with Crippen LogP contribution in [0.5, 0.6) is 0 Å². The molecule has 1 N–H and O–H groups in total. The van der Waals surface area contributed by atoms with Crippen molar-refractivity contribution >= 4 is 0 Å². The summed E-state index contributed by atoms with van der Waals surface area (Å²) in [5, 5.41) is 8.69. The van der Waals surface area contributed by atoms with Gasteiger partial charge in [-0.15, -0.1) is 0 Å². The van der Waals surface area contributed by atoms with Gasteiger partial charge in [0.2, 0.25) is 0 Å². The minimum absolute atomic E-state index is 0.304. The van der Waals surface area contributed by atoms with Crippen LogP contribution in [-0.2, 0) is 0 Å². The molecule has 0 amide bonds. The van der Waals surface area contributed by atoms with Gasteiger partial charge in [-0.3, -0.25) is 4.90 Å². The van der Waals surface area contributed by atoms with Crippen molar-refractivity contribution < 1.29 is 5.11 Å². The van der Waals surface area contributed by atoms with E-state index in [4.69, 9.17) is 5.11 Å². The van der Waals surface area contributed by atoms with Crippen molar-refractivity contribution in [1.82, 2.24) is 4.90 Å². The van der Waals surface area contributed by atoms with Crippen LogP contribution in [0.4, 0.5) is 0 Å². The average Bonchev–Trinajstić information content (AvgIpc) is 2.07. The fourth-order valence-electron chi connectivity index (χ4n) is 1.41. The van der Waals surface area contributed by atoms with Crippen molar-refractivity contribution in [2.75, 3.05) is 26.2 Å². The molecule has 0 aliphatic carbocycles. The van der Waals surface area contributed by atoms with E-state index in [2.05, 4.69) is 17.9 Å². The zero-order valence-electron chi connectivity index (χ0n) is 7.21. The predicted octanol–water partition coefficient (Wildman–Crippen LogP) is 1.02. The molecular weight excluding hydrogens is 138 g/mol. The molecule has 0 radical (unpaired) electrons. The van der Waals surface area contributed by atoms with Gasteiger partial charge in [-0.05, 0) is 19.4 Å². The lowest BCUT2D eigenvalue weighted by molar-refractivity contribution is 0.281. The van der Waals surface area contributed by atoms with E-state index in [-0.39, 0.29) is 0 Å². The van der Waals surface area contributed by atoms with Crippen molar-refractivity contribution in [3.63, 3.8) is 0 Å². The summed E-state index contributed by atoms with van der Waals surface area (Å²) in [4.78, 5) is 2.40. The molecule has 0 bridgehead atoms. The summed E-state index contributed by atoms with van der Waals surface area (Å²) in [5.74, 6) is 0. The number of nitrogens with zero attached hydrogens (tertiary/aromatic N) is 1. The molecule has 0 spiro atoms. The molecule has 2 nitrogen and oxygen atoms in total. The zero-order valence-corrected chi connectivity index (χ0v) is 7.21. The molecule has 0 unspecified atom stereocenters. The largest absolute Gasteiger partial charge is 0.396 e. The molecule has 0 aromatic heterocycles. The molecule has 0 saturated carbocycles. The van der Waals surface area contributed by atoms with Crippen LogP contribution in [0.1, 0.15) is 19.8 Å². The minimum Gasteiger partial charge on any atom is -0.396 e. The normalized spacial score (nSPS) is 20.0. The van der Waals surface area contributed by atoms with Gasteiger partial charge >= 0.3 is 0 Å². The summed E-state index contributed by atoms with van der Waals surface area (Å²) in [6, 6.07) is 0. The molecule has 11 heavy (non-hydrogen) atoms. The third-order valence-electron chi connectivity index (χ3n) is 2.27. The quantitative estimate of drug-likeness (QED) is 0.615. The van der Waals surface area contributed by atoms with Gasteiger partial charge in [0.15, 0.2) is 0 Å². The first kappa shape index (κ1) is 8.75. The Bertz CT molecular complexity index is 142. The van der Waals surface area contributed by atoms with E-state index in [0.717, 1.165) is 25.9 Å². The summed E-state index contributed by atoms with van der Waals surface area (Å²) < 4.78 is 0. The predicted molar refractivity (Wildman–Crippen MR) is 46.5 cm³/mol. The molecule has 2 heteroatoms. The number of hydrogen-bond acceptors (Lipinski definition) is 2. The molecule has 0 fully saturated rings. The monoisotopic (exact) mass is 155 g/mol. The maximum absolute atomic E-state index is 8.69. The standard InChI is InChI=1S/C9H17NO/c1-2-10-6-3-9(4-7-10)5-8-11/h3,11H,2,4-8H2,1H3. The highest BCUT2D eigenvalue weighted by atomic mass is 16.2. The Morgan fingerprint density at radius 1 is 1.64 bits per heavy atom. The molecule has 1 rings (SSSR count). The Balaban J connectivity index is 2.31. The maximum Gasteiger partial charge on any atom is 0.0468 e. The van der Waals surface area contributed by atoms with Crippen LogP contribution in [0.2, 0.25) is 0 Å². The van der Waals surface area contributed by atoms with Gasteiger partial charge in [-0.2, -0.15) is 0 Å². The van der Waals surface area contributed by atoms with Crippen molar-refractivity contribution in [1.29, 1.82) is 0 Å². The summed E-state index contributed by atoms with van der Waals surface area (Å²) in [6.07, 6.45) is 4.27. The van der Waals surface area contributed by atoms with Crippen LogP contribution in [0, 0.1) is 0 Å². The highest BCUT2D eigenvalue weighted by molar-refractivity contribution is 5.06. The fraction of sp³-hybridized carbons (Fsp3) is 0.778. The van der Waals surface area contributed by atoms with E-state index in [0.29, 0.717) is 6.61 Å². The highest BCUT2D eigenvalue weighted by Gasteiger charge is 2.08. The maximum atomic E-state index is 8.69. The third kappa shape index (κ3) is 2.64. The van der Waals surface area contributed by atoms with Crippen molar-refractivity contribution in [2.45, 2.75) is 19.8 Å². The van der Waals surface area contributed by atoms with Crippen LogP contribution in [0.25, 0.3) is 0 Å². The van der Waals surface area contributed by atoms with Gasteiger partial charge in [0.05, 0.1) is 0 Å². The molecule has 1 heterocycles. The van der Waals surface area contributed by atoms with E-state index >= 15 is 0 Å². The second-order valence-electron chi connectivity index (χ2n) is 2.98. The first-order valence-electron chi connectivity index (χ1n) is 4.38. The second-order valence-corrected chi connectivity index (χ2v) is 2.98. The zero-order chi connectivity index (χ0) is 8.10. The van der Waals surface area contributed by atoms with E-state index in [1.807, 2.05) is 0 Å². The average molecular weight is 155 g/mol. The van der Waals surface area contributed by atoms with Crippen LogP contribution in [-0.4, -0.2) is 36.2 Å². The van der Waals surface area contributed by atoms with E-state index in [1.54, 1.807) is 0 Å². The van der Waals surface area contributed by atoms with Crippen molar-refractivity contribution in [2.24, 2.45) is 0 Å². The Morgan fingerprint density at radius 2 is 2.45 bits per heavy atom. The van der Waals surface area contributed by atoms with Gasteiger partial charge in [0.1, 0.15) is 0 Å². The number of aliphatic hydroxyl groups is 1. The highest BCUT2D eigenvalue weighted by Crippen LogP contribution is 2.12. The van der Waals surface area contributed by atoms with Crippen molar-refractivity contribution in [3.05, 3.63) is 11.6 Å². The first-order chi connectivity index (χ1) is 5.36. The molecule has 0 aromatic carbocycles. The van der Waals surface area contributed by atoms with Crippen LogP contribution < -0.4 is 0 Å². The number of aliphatic hydroxyl groups excluding tert-OH is 1. The first-order valence-corrected chi connectivity index (χ1v) is 4.38. The van der Waals surface area contributed by atoms with Crippen LogP contribution in [0.3, 0.4) is 0 Å². The van der Waals surface area contributed by atoms with Gasteiger partial charge < -0.3 is 5.11 Å². The van der Waals surface area contributed by atoms with Gasteiger partial charge in [-0.1, -0.05) is 18.6 Å². The van der Waals surface area contributed by atoms with Crippen molar-refractivity contribution in [3.8, 4) is 0 Å². The van der Waals surface area contributed by atoms with E-state index < -0.39 is 0 Å². The Hall–Kier alpha value is -0.340.